The van der Waals surface area contributed by atoms with Crippen molar-refractivity contribution in [1.29, 1.82) is 0 Å². The van der Waals surface area contributed by atoms with Gasteiger partial charge in [-0.1, -0.05) is 24.3 Å². The maximum Gasteiger partial charge on any atom is 0.377 e. The van der Waals surface area contributed by atoms with E-state index in [0.29, 0.717) is 0 Å². The van der Waals surface area contributed by atoms with Crippen molar-refractivity contribution >= 4 is 17.4 Å². The number of allylic oxidation sites excluding steroid dienone is 2. The summed E-state index contributed by atoms with van der Waals surface area (Å²) in [5, 5.41) is 7.70. The lowest BCUT2D eigenvalue weighted by atomic mass is 10.1. The molecule has 0 atom stereocenters. The van der Waals surface area contributed by atoms with Crippen LogP contribution in [-0.4, -0.2) is 31.9 Å². The smallest absolute Gasteiger partial charge is 0.290 e. The van der Waals surface area contributed by atoms with E-state index >= 15 is 0 Å². The quantitative estimate of drug-likeness (QED) is 0.813. The Morgan fingerprint density at radius 2 is 1.92 bits per heavy atom. The third-order valence-corrected chi connectivity index (χ3v) is 4.06. The average molecular weight is 327 g/mol. The molecule has 1 aliphatic carbocycles. The van der Waals surface area contributed by atoms with Crippen LogP contribution in [0.25, 0.3) is 5.70 Å². The van der Waals surface area contributed by atoms with Crippen LogP contribution in [-0.2, 0) is 0 Å². The van der Waals surface area contributed by atoms with Gasteiger partial charge in [0, 0.05) is 17.4 Å². The van der Waals surface area contributed by atoms with Crippen molar-refractivity contribution in [2.45, 2.75) is 45.6 Å². The van der Waals surface area contributed by atoms with E-state index < -0.39 is 11.7 Å². The Morgan fingerprint density at radius 3 is 2.54 bits per heavy atom. The van der Waals surface area contributed by atoms with Crippen molar-refractivity contribution in [2.75, 3.05) is 4.90 Å². The number of tetrazole rings is 1. The predicted molar refractivity (Wildman–Crippen MR) is 91.9 cm³/mol. The minimum Gasteiger partial charge on any atom is -0.290 e. The number of aromatic nitrogens is 4. The van der Waals surface area contributed by atoms with Crippen LogP contribution in [0.5, 0.6) is 0 Å². The molecule has 2 aromatic rings. The molecule has 0 N–H and O–H groups in total. The number of hydrogen-bond acceptors (Lipinski definition) is 4. The standard InChI is InChI=1S/C17H21N5O2/c1-13(2)20(14-9-5-3-6-10-14)16(23)22-17(24)21(18-19-22)15-11-7-4-8-12-15/h3,5-6,9-11,13H,4,7-8,12H2,1-2H3. The van der Waals surface area contributed by atoms with E-state index in [1.807, 2.05) is 50.3 Å². The molecule has 1 heterocycles. The number of carbonyl (C=O) groups is 1. The molecule has 7 heteroatoms. The fourth-order valence-corrected chi connectivity index (χ4v) is 2.88. The maximum absolute atomic E-state index is 12.9. The van der Waals surface area contributed by atoms with Crippen LogP contribution < -0.4 is 10.6 Å². The molecular weight excluding hydrogens is 306 g/mol. The van der Waals surface area contributed by atoms with Gasteiger partial charge >= 0.3 is 11.7 Å². The molecule has 1 amide bonds. The molecule has 0 bridgehead atoms. The van der Waals surface area contributed by atoms with Crippen molar-refractivity contribution in [3.63, 3.8) is 0 Å². The summed E-state index contributed by atoms with van der Waals surface area (Å²) in [6.45, 7) is 3.79. The van der Waals surface area contributed by atoms with E-state index in [-0.39, 0.29) is 6.04 Å². The Balaban J connectivity index is 1.96. The van der Waals surface area contributed by atoms with Crippen LogP contribution in [0.15, 0.2) is 41.2 Å². The minimum atomic E-state index is -0.519. The van der Waals surface area contributed by atoms with Gasteiger partial charge in [-0.2, -0.15) is 4.68 Å². The van der Waals surface area contributed by atoms with Crippen LogP contribution in [0, 0.1) is 0 Å². The van der Waals surface area contributed by atoms with Gasteiger partial charge in [0.1, 0.15) is 0 Å². The molecule has 1 aromatic heterocycles. The van der Waals surface area contributed by atoms with Crippen LogP contribution in [0.4, 0.5) is 10.5 Å². The Kier molecular flexibility index (Phi) is 4.59. The van der Waals surface area contributed by atoms with Crippen LogP contribution in [0.1, 0.15) is 39.5 Å². The molecule has 7 nitrogen and oxygen atoms in total. The molecule has 0 unspecified atom stereocenters. The summed E-state index contributed by atoms with van der Waals surface area (Å²) in [6.07, 6.45) is 5.82. The monoisotopic (exact) mass is 327 g/mol. The first-order valence-electron chi connectivity index (χ1n) is 8.22. The van der Waals surface area contributed by atoms with Crippen LogP contribution in [0.2, 0.25) is 0 Å². The third kappa shape index (κ3) is 3.02. The largest absolute Gasteiger partial charge is 0.377 e. The molecule has 0 saturated carbocycles. The highest BCUT2D eigenvalue weighted by Gasteiger charge is 2.25. The van der Waals surface area contributed by atoms with E-state index in [1.165, 1.54) is 9.58 Å². The Labute approximate surface area is 140 Å². The number of amides is 1. The predicted octanol–water partition coefficient (Wildman–Crippen LogP) is 2.74. The number of carbonyl (C=O) groups excluding carboxylic acids is 1. The summed E-state index contributed by atoms with van der Waals surface area (Å²) in [5.74, 6) is 0. The van der Waals surface area contributed by atoms with Gasteiger partial charge in [0.2, 0.25) is 0 Å². The van der Waals surface area contributed by atoms with Gasteiger partial charge in [-0.15, -0.1) is 4.68 Å². The summed E-state index contributed by atoms with van der Waals surface area (Å²) >= 11 is 0. The maximum atomic E-state index is 12.9. The van der Waals surface area contributed by atoms with E-state index in [4.69, 9.17) is 0 Å². The van der Waals surface area contributed by atoms with Gasteiger partial charge in [-0.05, 0) is 62.1 Å². The number of rotatable bonds is 3. The fraction of sp³-hybridized carbons (Fsp3) is 0.412. The second-order valence-electron chi connectivity index (χ2n) is 6.11. The molecule has 0 aliphatic heterocycles. The van der Waals surface area contributed by atoms with Gasteiger partial charge in [0.05, 0.1) is 0 Å². The summed E-state index contributed by atoms with van der Waals surface area (Å²) in [5.41, 5.74) is 1.02. The Hall–Kier alpha value is -2.70. The summed E-state index contributed by atoms with van der Waals surface area (Å²) in [7, 11) is 0. The molecule has 24 heavy (non-hydrogen) atoms. The molecule has 1 aromatic carbocycles. The first-order valence-corrected chi connectivity index (χ1v) is 8.22. The molecule has 126 valence electrons. The Morgan fingerprint density at radius 1 is 1.17 bits per heavy atom. The van der Waals surface area contributed by atoms with Gasteiger partial charge < -0.3 is 0 Å². The van der Waals surface area contributed by atoms with E-state index in [2.05, 4.69) is 10.4 Å². The highest BCUT2D eigenvalue weighted by atomic mass is 16.2. The number of para-hydroxylation sites is 1. The number of nitrogens with zero attached hydrogens (tertiary/aromatic N) is 5. The zero-order valence-corrected chi connectivity index (χ0v) is 13.9. The molecule has 0 saturated heterocycles. The zero-order valence-electron chi connectivity index (χ0n) is 13.9. The number of hydrogen-bond donors (Lipinski definition) is 0. The lowest BCUT2D eigenvalue weighted by molar-refractivity contribution is 0.242. The van der Waals surface area contributed by atoms with Crippen LogP contribution >= 0.6 is 0 Å². The van der Waals surface area contributed by atoms with Crippen molar-refractivity contribution in [1.82, 2.24) is 19.8 Å². The van der Waals surface area contributed by atoms with E-state index in [1.54, 1.807) is 0 Å². The average Bonchev–Trinajstić information content (AvgIpc) is 2.98. The molecule has 0 radical (unpaired) electrons. The molecular formula is C17H21N5O2. The minimum absolute atomic E-state index is 0.120. The zero-order chi connectivity index (χ0) is 17.1. The number of anilines is 1. The highest BCUT2D eigenvalue weighted by molar-refractivity contribution is 5.93. The van der Waals surface area contributed by atoms with Crippen molar-refractivity contribution in [3.8, 4) is 0 Å². The SMILES string of the molecule is CC(C)N(C(=O)n1nnn(C2=CCCCC2)c1=O)c1ccccc1. The first kappa shape index (κ1) is 16.2. The lowest BCUT2D eigenvalue weighted by Crippen LogP contribution is -2.44. The number of benzene rings is 1. The van der Waals surface area contributed by atoms with Crippen molar-refractivity contribution < 1.29 is 4.79 Å². The second kappa shape index (κ2) is 6.82. The lowest BCUT2D eigenvalue weighted by Gasteiger charge is -2.25. The fourth-order valence-electron chi connectivity index (χ4n) is 2.88. The van der Waals surface area contributed by atoms with Crippen molar-refractivity contribution in [3.05, 3.63) is 46.9 Å². The topological polar surface area (TPSA) is 73.0 Å². The van der Waals surface area contributed by atoms with E-state index in [0.717, 1.165) is 41.7 Å². The summed E-state index contributed by atoms with van der Waals surface area (Å²) in [6, 6.07) is 8.63. The molecule has 0 spiro atoms. The molecule has 1 aliphatic rings. The Bertz CT molecular complexity index is 804. The van der Waals surface area contributed by atoms with Crippen LogP contribution in [0.3, 0.4) is 0 Å². The van der Waals surface area contributed by atoms with E-state index in [9.17, 15) is 9.59 Å². The van der Waals surface area contributed by atoms with Gasteiger partial charge in [0.25, 0.3) is 0 Å². The molecule has 0 fully saturated rings. The summed E-state index contributed by atoms with van der Waals surface area (Å²) < 4.78 is 2.07. The van der Waals surface area contributed by atoms with Gasteiger partial charge in [0.15, 0.2) is 0 Å². The van der Waals surface area contributed by atoms with Crippen molar-refractivity contribution in [2.24, 2.45) is 0 Å². The van der Waals surface area contributed by atoms with Gasteiger partial charge in [-0.25, -0.2) is 9.59 Å². The second-order valence-corrected chi connectivity index (χ2v) is 6.11. The third-order valence-electron chi connectivity index (χ3n) is 4.06. The normalized spacial score (nSPS) is 14.5. The summed E-state index contributed by atoms with van der Waals surface area (Å²) in [4.78, 5) is 27.0. The molecule has 3 rings (SSSR count). The van der Waals surface area contributed by atoms with Gasteiger partial charge in [-0.3, -0.25) is 4.90 Å². The highest BCUT2D eigenvalue weighted by Crippen LogP contribution is 2.20. The first-order chi connectivity index (χ1) is 11.6.